The van der Waals surface area contributed by atoms with Crippen LogP contribution in [0, 0.1) is 6.92 Å². The Labute approximate surface area is 198 Å². The fourth-order valence-electron chi connectivity index (χ4n) is 4.16. The number of carbonyl (C=O) groups is 2. The van der Waals surface area contributed by atoms with E-state index in [1.165, 1.54) is 24.6 Å². The Hall–Kier alpha value is -3.31. The van der Waals surface area contributed by atoms with Crippen molar-refractivity contribution < 1.29 is 32.2 Å². The van der Waals surface area contributed by atoms with Gasteiger partial charge in [-0.15, -0.1) is 0 Å². The normalized spacial score (nSPS) is 20.2. The summed E-state index contributed by atoms with van der Waals surface area (Å²) in [7, 11) is -1.04. The highest BCUT2D eigenvalue weighted by atomic mass is 32.2. The number of rotatable bonds is 6. The number of carbonyl (C=O) groups excluding carboxylic acids is 2. The second-order valence-corrected chi connectivity index (χ2v) is 10.1. The SMILES string of the molecule is COc1ccc(OC)c(NC(=O)[C@H]2CCCN2S(=O)(=O)c2cc3c(cc2C)NC(=O)[C@@H](C)O3)c1. The van der Waals surface area contributed by atoms with Gasteiger partial charge < -0.3 is 24.8 Å². The van der Waals surface area contributed by atoms with E-state index in [0.29, 0.717) is 41.3 Å². The molecule has 2 amide bonds. The lowest BCUT2D eigenvalue weighted by atomic mass is 10.1. The quantitative estimate of drug-likeness (QED) is 0.639. The maximum Gasteiger partial charge on any atom is 0.265 e. The lowest BCUT2D eigenvalue weighted by molar-refractivity contribution is -0.122. The summed E-state index contributed by atoms with van der Waals surface area (Å²) in [4.78, 5) is 25.1. The van der Waals surface area contributed by atoms with Crippen LogP contribution in [0.2, 0.25) is 0 Å². The van der Waals surface area contributed by atoms with Crippen LogP contribution in [-0.2, 0) is 19.6 Å². The number of nitrogens with zero attached hydrogens (tertiary/aromatic N) is 1. The molecule has 2 heterocycles. The Kier molecular flexibility index (Phi) is 6.41. The van der Waals surface area contributed by atoms with Gasteiger partial charge in [-0.3, -0.25) is 9.59 Å². The van der Waals surface area contributed by atoms with Gasteiger partial charge >= 0.3 is 0 Å². The molecular formula is C23H27N3O7S. The van der Waals surface area contributed by atoms with E-state index >= 15 is 0 Å². The van der Waals surface area contributed by atoms with Crippen molar-refractivity contribution >= 4 is 33.2 Å². The Morgan fingerprint density at radius 1 is 1.21 bits per heavy atom. The highest BCUT2D eigenvalue weighted by molar-refractivity contribution is 7.89. The number of anilines is 2. The van der Waals surface area contributed by atoms with E-state index in [2.05, 4.69) is 10.6 Å². The number of fused-ring (bicyclic) bond motifs is 1. The fraction of sp³-hybridized carbons (Fsp3) is 0.391. The van der Waals surface area contributed by atoms with Gasteiger partial charge in [-0.1, -0.05) is 0 Å². The van der Waals surface area contributed by atoms with Gasteiger partial charge in [0.05, 0.1) is 30.5 Å². The van der Waals surface area contributed by atoms with Crippen LogP contribution in [-0.4, -0.2) is 57.4 Å². The largest absolute Gasteiger partial charge is 0.497 e. The Morgan fingerprint density at radius 3 is 2.68 bits per heavy atom. The number of benzene rings is 2. The van der Waals surface area contributed by atoms with E-state index < -0.39 is 28.1 Å². The van der Waals surface area contributed by atoms with Crippen LogP contribution < -0.4 is 24.8 Å². The average Bonchev–Trinajstić information content (AvgIpc) is 3.31. The van der Waals surface area contributed by atoms with Gasteiger partial charge in [-0.25, -0.2) is 8.42 Å². The van der Waals surface area contributed by atoms with E-state index in [-0.39, 0.29) is 23.1 Å². The third-order valence-corrected chi connectivity index (χ3v) is 8.02. The summed E-state index contributed by atoms with van der Waals surface area (Å²) < 4.78 is 44.6. The van der Waals surface area contributed by atoms with Gasteiger partial charge in [0.1, 0.15) is 23.3 Å². The highest BCUT2D eigenvalue weighted by Crippen LogP contribution is 2.37. The lowest BCUT2D eigenvalue weighted by Crippen LogP contribution is -2.43. The second-order valence-electron chi connectivity index (χ2n) is 8.19. The van der Waals surface area contributed by atoms with Crippen molar-refractivity contribution in [3.8, 4) is 17.2 Å². The average molecular weight is 490 g/mol. The number of hydrogen-bond acceptors (Lipinski definition) is 7. The zero-order valence-electron chi connectivity index (χ0n) is 19.4. The molecule has 2 N–H and O–H groups in total. The fourth-order valence-corrected chi connectivity index (χ4v) is 6.04. The van der Waals surface area contributed by atoms with Crippen LogP contribution in [0.25, 0.3) is 0 Å². The predicted molar refractivity (Wildman–Crippen MR) is 125 cm³/mol. The van der Waals surface area contributed by atoms with Crippen molar-refractivity contribution in [2.75, 3.05) is 31.4 Å². The van der Waals surface area contributed by atoms with E-state index in [9.17, 15) is 18.0 Å². The second kappa shape index (κ2) is 9.15. The van der Waals surface area contributed by atoms with Gasteiger partial charge in [-0.2, -0.15) is 4.31 Å². The molecule has 0 aromatic heterocycles. The lowest BCUT2D eigenvalue weighted by Gasteiger charge is -2.27. The van der Waals surface area contributed by atoms with Gasteiger partial charge in [0.25, 0.3) is 5.91 Å². The molecule has 1 saturated heterocycles. The Morgan fingerprint density at radius 2 is 1.97 bits per heavy atom. The zero-order valence-corrected chi connectivity index (χ0v) is 20.2. The predicted octanol–water partition coefficient (Wildman–Crippen LogP) is 2.52. The first-order valence-corrected chi connectivity index (χ1v) is 12.3. The van der Waals surface area contributed by atoms with Gasteiger partial charge in [0.2, 0.25) is 15.9 Å². The van der Waals surface area contributed by atoms with Crippen molar-refractivity contribution in [2.24, 2.45) is 0 Å². The minimum absolute atomic E-state index is 0.0354. The molecule has 2 atom stereocenters. The summed E-state index contributed by atoms with van der Waals surface area (Å²) in [5.41, 5.74) is 1.25. The number of aryl methyl sites for hydroxylation is 1. The molecule has 2 aromatic carbocycles. The summed E-state index contributed by atoms with van der Waals surface area (Å²) in [5, 5.41) is 5.50. The first kappa shape index (κ1) is 23.8. The molecular weight excluding hydrogens is 462 g/mol. The Balaban J connectivity index is 1.63. The van der Waals surface area contributed by atoms with Crippen LogP contribution in [0.5, 0.6) is 17.2 Å². The van der Waals surface area contributed by atoms with Crippen LogP contribution in [0.15, 0.2) is 35.2 Å². The summed E-state index contributed by atoms with van der Waals surface area (Å²) in [6.07, 6.45) is 0.180. The molecule has 182 valence electrons. The minimum Gasteiger partial charge on any atom is -0.497 e. The molecule has 0 aliphatic carbocycles. The zero-order chi connectivity index (χ0) is 24.6. The highest BCUT2D eigenvalue weighted by Gasteiger charge is 2.41. The number of ether oxygens (including phenoxy) is 3. The van der Waals surface area contributed by atoms with Crippen molar-refractivity contribution in [3.63, 3.8) is 0 Å². The van der Waals surface area contributed by atoms with Crippen LogP contribution in [0.3, 0.4) is 0 Å². The summed E-state index contributed by atoms with van der Waals surface area (Å²) in [5.74, 6) is 0.475. The molecule has 0 spiro atoms. The van der Waals surface area contributed by atoms with Crippen molar-refractivity contribution in [1.82, 2.24) is 4.31 Å². The molecule has 2 aliphatic rings. The maximum absolute atomic E-state index is 13.6. The Bertz CT molecular complexity index is 1250. The van der Waals surface area contributed by atoms with Crippen LogP contribution >= 0.6 is 0 Å². The molecule has 2 aliphatic heterocycles. The number of hydrogen-bond donors (Lipinski definition) is 2. The summed E-state index contributed by atoms with van der Waals surface area (Å²) >= 11 is 0. The first-order valence-electron chi connectivity index (χ1n) is 10.8. The third-order valence-electron chi connectivity index (χ3n) is 5.97. The topological polar surface area (TPSA) is 123 Å². The monoisotopic (exact) mass is 489 g/mol. The molecule has 0 radical (unpaired) electrons. The number of amides is 2. The third kappa shape index (κ3) is 4.28. The molecule has 4 rings (SSSR count). The van der Waals surface area contributed by atoms with Gasteiger partial charge in [0.15, 0.2) is 6.10 Å². The number of methoxy groups -OCH3 is 2. The summed E-state index contributed by atoms with van der Waals surface area (Å²) in [6, 6.07) is 7.06. The van der Waals surface area contributed by atoms with Gasteiger partial charge in [-0.05, 0) is 50.5 Å². The minimum atomic E-state index is -4.02. The molecule has 0 bridgehead atoms. The van der Waals surface area contributed by atoms with Crippen molar-refractivity contribution in [3.05, 3.63) is 35.9 Å². The van der Waals surface area contributed by atoms with E-state index in [4.69, 9.17) is 14.2 Å². The van der Waals surface area contributed by atoms with Crippen LogP contribution in [0.1, 0.15) is 25.3 Å². The standard InChI is InChI=1S/C23H27N3O7S/c1-13-10-16-20(33-14(2)22(27)24-16)12-21(13)34(29,30)26-9-5-6-18(26)23(28)25-17-11-15(31-3)7-8-19(17)32-4/h7-8,10-12,14,18H,5-6,9H2,1-4H3,(H,24,27)(H,25,28)/t14-,18-/m1/s1. The summed E-state index contributed by atoms with van der Waals surface area (Å²) in [6.45, 7) is 3.43. The van der Waals surface area contributed by atoms with Crippen LogP contribution in [0.4, 0.5) is 11.4 Å². The number of sulfonamides is 1. The molecule has 11 heteroatoms. The molecule has 10 nitrogen and oxygen atoms in total. The maximum atomic E-state index is 13.6. The smallest absolute Gasteiger partial charge is 0.265 e. The van der Waals surface area contributed by atoms with E-state index in [0.717, 1.165) is 0 Å². The van der Waals surface area contributed by atoms with E-state index in [1.807, 2.05) is 0 Å². The molecule has 2 aromatic rings. The first-order chi connectivity index (χ1) is 16.1. The molecule has 1 fully saturated rings. The molecule has 0 saturated carbocycles. The van der Waals surface area contributed by atoms with Gasteiger partial charge in [0, 0.05) is 18.7 Å². The molecule has 34 heavy (non-hydrogen) atoms. The van der Waals surface area contributed by atoms with Crippen molar-refractivity contribution in [1.29, 1.82) is 0 Å². The van der Waals surface area contributed by atoms with E-state index in [1.54, 1.807) is 38.1 Å². The van der Waals surface area contributed by atoms with Crippen molar-refractivity contribution in [2.45, 2.75) is 43.7 Å². The molecule has 0 unspecified atom stereocenters. The number of nitrogens with one attached hydrogen (secondary N) is 2.